The quantitative estimate of drug-likeness (QED) is 0.646. The molecule has 0 bridgehead atoms. The molecule has 0 aliphatic carbocycles. The van der Waals surface area contributed by atoms with Gasteiger partial charge in [0.15, 0.2) is 0 Å². The largest absolute Gasteiger partial charge is 0.358 e. The fourth-order valence-electron chi connectivity index (χ4n) is 1.75. The van der Waals surface area contributed by atoms with Gasteiger partial charge in [0.25, 0.3) is 0 Å². The van der Waals surface area contributed by atoms with Gasteiger partial charge in [0.05, 0.1) is 6.20 Å². The molecule has 0 aliphatic rings. The van der Waals surface area contributed by atoms with Crippen LogP contribution >= 0.6 is 11.8 Å². The van der Waals surface area contributed by atoms with Crippen molar-refractivity contribution in [3.8, 4) is 0 Å². The summed E-state index contributed by atoms with van der Waals surface area (Å²) < 4.78 is 1.52. The molecule has 2 N–H and O–H groups in total. The molecular weight excluding hydrogens is 264 g/mol. The van der Waals surface area contributed by atoms with E-state index in [0.717, 1.165) is 5.75 Å². The number of thioether (sulfide) groups is 1. The van der Waals surface area contributed by atoms with E-state index in [-0.39, 0.29) is 10.7 Å². The Balaban J connectivity index is 2.22. The van der Waals surface area contributed by atoms with Crippen molar-refractivity contribution in [1.82, 2.24) is 9.38 Å². The number of nitrogens with zero attached hydrogens (tertiary/aromatic N) is 3. The van der Waals surface area contributed by atoms with Gasteiger partial charge >= 0.3 is 5.82 Å². The molecule has 0 aromatic carbocycles. The van der Waals surface area contributed by atoms with Crippen molar-refractivity contribution in [3.05, 3.63) is 40.2 Å². The minimum atomic E-state index is -0.373. The van der Waals surface area contributed by atoms with Crippen LogP contribution in [-0.2, 0) is 5.75 Å². The molecular formula is C12H16N4O2S. The van der Waals surface area contributed by atoms with Crippen molar-refractivity contribution in [3.63, 3.8) is 0 Å². The highest BCUT2D eigenvalue weighted by Crippen LogP contribution is 2.25. The lowest BCUT2D eigenvalue weighted by Crippen LogP contribution is -2.12. The smallest absolute Gasteiger partial charge is 0.351 e. The summed E-state index contributed by atoms with van der Waals surface area (Å²) in [5.41, 5.74) is 6.68. The van der Waals surface area contributed by atoms with Crippen LogP contribution < -0.4 is 5.73 Å². The molecule has 2 aromatic heterocycles. The Morgan fingerprint density at radius 3 is 3.05 bits per heavy atom. The fourth-order valence-corrected chi connectivity index (χ4v) is 2.79. The minimum absolute atomic E-state index is 0.0588. The summed E-state index contributed by atoms with van der Waals surface area (Å²) in [6.07, 6.45) is 1.66. The lowest BCUT2D eigenvalue weighted by Gasteiger charge is -2.06. The molecule has 0 fully saturated rings. The van der Waals surface area contributed by atoms with Gasteiger partial charge in [-0.15, -0.1) is 0 Å². The van der Waals surface area contributed by atoms with Gasteiger partial charge < -0.3 is 15.8 Å². The first-order valence-electron chi connectivity index (χ1n) is 6.01. The Hall–Kier alpha value is -1.60. The van der Waals surface area contributed by atoms with Crippen LogP contribution in [0.1, 0.15) is 12.6 Å². The average Bonchev–Trinajstić information content (AvgIpc) is 2.76. The summed E-state index contributed by atoms with van der Waals surface area (Å²) >= 11 is 1.63. The highest BCUT2D eigenvalue weighted by Gasteiger charge is 2.21. The third-order valence-electron chi connectivity index (χ3n) is 2.79. The molecule has 0 radical (unpaired) electrons. The highest BCUT2D eigenvalue weighted by atomic mass is 32.2. The van der Waals surface area contributed by atoms with Crippen molar-refractivity contribution >= 4 is 23.2 Å². The van der Waals surface area contributed by atoms with Gasteiger partial charge in [0.2, 0.25) is 5.65 Å². The Bertz CT molecular complexity index is 584. The second kappa shape index (κ2) is 6.03. The summed E-state index contributed by atoms with van der Waals surface area (Å²) in [7, 11) is 0. The molecule has 0 saturated heterocycles. The van der Waals surface area contributed by atoms with E-state index in [1.807, 2.05) is 6.07 Å². The van der Waals surface area contributed by atoms with Crippen molar-refractivity contribution in [1.29, 1.82) is 0 Å². The van der Waals surface area contributed by atoms with E-state index in [1.165, 1.54) is 4.40 Å². The predicted molar refractivity (Wildman–Crippen MR) is 76.2 cm³/mol. The Morgan fingerprint density at radius 1 is 1.58 bits per heavy atom. The topological polar surface area (TPSA) is 86.5 Å². The van der Waals surface area contributed by atoms with Gasteiger partial charge in [-0.05, 0) is 29.2 Å². The van der Waals surface area contributed by atoms with Crippen LogP contribution in [0.4, 0.5) is 5.82 Å². The second-order valence-electron chi connectivity index (χ2n) is 4.42. The van der Waals surface area contributed by atoms with E-state index in [0.29, 0.717) is 29.6 Å². The molecule has 6 nitrogen and oxygen atoms in total. The van der Waals surface area contributed by atoms with Crippen molar-refractivity contribution in [2.45, 2.75) is 12.7 Å². The van der Waals surface area contributed by atoms with Crippen LogP contribution in [0.3, 0.4) is 0 Å². The Kier molecular flexibility index (Phi) is 4.39. The number of pyridine rings is 1. The summed E-state index contributed by atoms with van der Waals surface area (Å²) in [6, 6.07) is 5.35. The number of aromatic nitrogens is 2. The summed E-state index contributed by atoms with van der Waals surface area (Å²) in [5.74, 6) is 1.87. The third kappa shape index (κ3) is 3.05. The molecule has 0 spiro atoms. The van der Waals surface area contributed by atoms with Crippen LogP contribution in [0.15, 0.2) is 24.4 Å². The van der Waals surface area contributed by atoms with E-state index >= 15 is 0 Å². The number of imidazole rings is 1. The Morgan fingerprint density at radius 2 is 2.37 bits per heavy atom. The first-order valence-corrected chi connectivity index (χ1v) is 7.17. The number of hydrogen-bond donors (Lipinski definition) is 1. The van der Waals surface area contributed by atoms with Crippen molar-refractivity contribution in [2.24, 2.45) is 11.7 Å². The van der Waals surface area contributed by atoms with E-state index in [9.17, 15) is 10.1 Å². The standard InChI is InChI=1S/C12H16N4O2S/c1-9(6-13)7-19-8-10-12(16(17)18)15-5-3-2-4-11(15)14-10/h2-5,9H,6-8,13H2,1H3. The van der Waals surface area contributed by atoms with Gasteiger partial charge in [-0.2, -0.15) is 16.2 Å². The molecule has 7 heteroatoms. The maximum Gasteiger partial charge on any atom is 0.351 e. The van der Waals surface area contributed by atoms with Crippen molar-refractivity contribution < 1.29 is 4.92 Å². The average molecular weight is 280 g/mol. The molecule has 1 atom stereocenters. The summed E-state index contributed by atoms with van der Waals surface area (Å²) in [4.78, 5) is 15.1. The van der Waals surface area contributed by atoms with Crippen LogP contribution in [0.2, 0.25) is 0 Å². The molecule has 1 unspecified atom stereocenters. The van der Waals surface area contributed by atoms with Crippen LogP contribution in [0.5, 0.6) is 0 Å². The zero-order valence-electron chi connectivity index (χ0n) is 10.7. The van der Waals surface area contributed by atoms with E-state index in [4.69, 9.17) is 5.73 Å². The van der Waals surface area contributed by atoms with Gasteiger partial charge in [-0.25, -0.2) is 4.98 Å². The van der Waals surface area contributed by atoms with Crippen LogP contribution in [-0.4, -0.2) is 26.6 Å². The molecule has 2 heterocycles. The zero-order valence-corrected chi connectivity index (χ0v) is 11.5. The number of nitrogens with two attached hydrogens (primary N) is 1. The monoisotopic (exact) mass is 280 g/mol. The van der Waals surface area contributed by atoms with Crippen LogP contribution in [0, 0.1) is 16.0 Å². The zero-order chi connectivity index (χ0) is 13.8. The third-order valence-corrected chi connectivity index (χ3v) is 4.07. The number of hydrogen-bond acceptors (Lipinski definition) is 5. The molecule has 0 aliphatic heterocycles. The molecule has 102 valence electrons. The first kappa shape index (κ1) is 13.8. The second-order valence-corrected chi connectivity index (χ2v) is 5.45. The molecule has 2 aromatic rings. The first-order chi connectivity index (χ1) is 9.13. The van der Waals surface area contributed by atoms with Crippen LogP contribution in [0.25, 0.3) is 5.65 Å². The highest BCUT2D eigenvalue weighted by molar-refractivity contribution is 7.98. The maximum atomic E-state index is 11.2. The van der Waals surface area contributed by atoms with E-state index in [2.05, 4.69) is 11.9 Å². The number of rotatable bonds is 6. The van der Waals surface area contributed by atoms with E-state index in [1.54, 1.807) is 30.1 Å². The van der Waals surface area contributed by atoms with Crippen molar-refractivity contribution in [2.75, 3.05) is 12.3 Å². The lowest BCUT2D eigenvalue weighted by molar-refractivity contribution is -0.391. The van der Waals surface area contributed by atoms with Gasteiger partial charge in [-0.3, -0.25) is 0 Å². The molecule has 0 saturated carbocycles. The Labute approximate surface area is 115 Å². The van der Waals surface area contributed by atoms with Gasteiger partial charge in [-0.1, -0.05) is 13.0 Å². The maximum absolute atomic E-state index is 11.2. The lowest BCUT2D eigenvalue weighted by atomic mass is 10.2. The molecule has 2 rings (SSSR count). The summed E-state index contributed by atoms with van der Waals surface area (Å²) in [6.45, 7) is 2.69. The SMILES string of the molecule is CC(CN)CSCc1nc2ccccn2c1[N+](=O)[O-]. The predicted octanol–water partition coefficient (Wildman–Crippen LogP) is 2.07. The molecule has 19 heavy (non-hydrogen) atoms. The number of nitro groups is 1. The number of fused-ring (bicyclic) bond motifs is 1. The molecule has 0 amide bonds. The van der Waals surface area contributed by atoms with Gasteiger partial charge in [0.1, 0.15) is 5.69 Å². The minimum Gasteiger partial charge on any atom is -0.358 e. The normalized spacial score (nSPS) is 12.7. The van der Waals surface area contributed by atoms with Gasteiger partial charge in [0, 0.05) is 11.8 Å². The fraction of sp³-hybridized carbons (Fsp3) is 0.417. The summed E-state index contributed by atoms with van der Waals surface area (Å²) in [5, 5.41) is 11.2. The van der Waals surface area contributed by atoms with E-state index < -0.39 is 0 Å².